The van der Waals surface area contributed by atoms with Gasteiger partial charge < -0.3 is 25.7 Å². The van der Waals surface area contributed by atoms with Gasteiger partial charge >= 0.3 is 0 Å². The number of carbonyl (C=O) groups is 1. The second-order valence-electron chi connectivity index (χ2n) is 10.9. The van der Waals surface area contributed by atoms with Crippen molar-refractivity contribution in [1.82, 2.24) is 15.2 Å². The van der Waals surface area contributed by atoms with E-state index in [9.17, 15) is 4.79 Å². The molecule has 0 aromatic carbocycles. The summed E-state index contributed by atoms with van der Waals surface area (Å²) >= 11 is 6.59. The molecule has 4 fully saturated rings. The van der Waals surface area contributed by atoms with Crippen molar-refractivity contribution in [1.29, 1.82) is 0 Å². The number of nitrogens with zero attached hydrogens (tertiary/aromatic N) is 2. The molecule has 36 heavy (non-hydrogen) atoms. The van der Waals surface area contributed by atoms with E-state index in [1.54, 1.807) is 12.3 Å². The molecule has 0 radical (unpaired) electrons. The predicted molar refractivity (Wildman–Crippen MR) is 150 cm³/mol. The van der Waals surface area contributed by atoms with Crippen LogP contribution in [-0.4, -0.2) is 71.9 Å². The number of aliphatic hydroxyl groups is 2. The Morgan fingerprint density at radius 3 is 2.11 bits per heavy atom. The van der Waals surface area contributed by atoms with Crippen LogP contribution in [-0.2, 0) is 0 Å². The van der Waals surface area contributed by atoms with E-state index in [4.69, 9.17) is 21.8 Å². The average Bonchev–Trinajstić information content (AvgIpc) is 2.81. The summed E-state index contributed by atoms with van der Waals surface area (Å²) in [5.41, 5.74) is 0.777. The number of hydrogen-bond donors (Lipinski definition) is 4. The topological polar surface area (TPSA) is 97.7 Å². The molecular formula is C26H43Cl3N4O3. The monoisotopic (exact) mass is 564 g/mol. The van der Waals surface area contributed by atoms with E-state index in [2.05, 4.69) is 20.5 Å². The van der Waals surface area contributed by atoms with Crippen molar-refractivity contribution in [3.8, 4) is 0 Å². The number of nitrogens with one attached hydrogen (secondary N) is 2. The molecule has 1 aromatic heterocycles. The van der Waals surface area contributed by atoms with Crippen LogP contribution in [0.25, 0.3) is 0 Å². The number of aromatic nitrogens is 1. The summed E-state index contributed by atoms with van der Waals surface area (Å²) in [7, 11) is 0. The Bertz CT molecular complexity index is 786. The Balaban J connectivity index is 0.00000228. The molecule has 0 atom stereocenters. The van der Waals surface area contributed by atoms with Gasteiger partial charge in [0.2, 0.25) is 0 Å². The molecule has 0 spiro atoms. The highest BCUT2D eigenvalue weighted by molar-refractivity contribution is 6.36. The first-order valence-electron chi connectivity index (χ1n) is 13.1. The largest absolute Gasteiger partial charge is 0.396 e. The van der Waals surface area contributed by atoms with E-state index in [0.717, 1.165) is 63.2 Å². The number of carbonyl (C=O) groups excluding carboxylic acids is 1. The summed E-state index contributed by atoms with van der Waals surface area (Å²) in [6, 6.07) is 1.70. The molecule has 0 unspecified atom stereocenters. The number of amides is 1. The maximum absolute atomic E-state index is 13.0. The first-order valence-corrected chi connectivity index (χ1v) is 13.5. The van der Waals surface area contributed by atoms with Crippen molar-refractivity contribution in [2.24, 2.45) is 23.2 Å². The fourth-order valence-corrected chi connectivity index (χ4v) is 7.31. The minimum absolute atomic E-state index is 0. The van der Waals surface area contributed by atoms with Crippen LogP contribution in [0.15, 0.2) is 12.3 Å². The summed E-state index contributed by atoms with van der Waals surface area (Å²) in [4.78, 5) is 19.6. The highest BCUT2D eigenvalue weighted by atomic mass is 35.5. The van der Waals surface area contributed by atoms with Crippen molar-refractivity contribution in [3.63, 3.8) is 0 Å². The van der Waals surface area contributed by atoms with Gasteiger partial charge in [0.15, 0.2) is 0 Å². The maximum atomic E-state index is 13.0. The first kappa shape index (κ1) is 31.4. The third kappa shape index (κ3) is 8.08. The summed E-state index contributed by atoms with van der Waals surface area (Å²) in [6.07, 6.45) is 12.0. The lowest BCUT2D eigenvalue weighted by molar-refractivity contribution is -0.0503. The third-order valence-electron chi connectivity index (χ3n) is 8.13. The van der Waals surface area contributed by atoms with E-state index >= 15 is 0 Å². The Morgan fingerprint density at radius 2 is 1.56 bits per heavy atom. The minimum Gasteiger partial charge on any atom is -0.396 e. The molecule has 4 aliphatic carbocycles. The Hall–Kier alpha value is -0.830. The molecule has 4 aliphatic rings. The van der Waals surface area contributed by atoms with E-state index in [0.29, 0.717) is 28.4 Å². The van der Waals surface area contributed by atoms with Crippen LogP contribution in [0.5, 0.6) is 0 Å². The molecule has 1 heterocycles. The van der Waals surface area contributed by atoms with Gasteiger partial charge in [0, 0.05) is 45.6 Å². The predicted octanol–water partition coefficient (Wildman–Crippen LogP) is 4.39. The summed E-state index contributed by atoms with van der Waals surface area (Å²) in [6.45, 7) is 4.27. The number of hydrogen-bond acceptors (Lipinski definition) is 6. The third-order valence-corrected chi connectivity index (χ3v) is 8.51. The number of rotatable bonds is 14. The van der Waals surface area contributed by atoms with Crippen molar-refractivity contribution < 1.29 is 15.0 Å². The smallest absolute Gasteiger partial charge is 0.253 e. The molecule has 1 amide bonds. The maximum Gasteiger partial charge on any atom is 0.253 e. The molecule has 4 saturated carbocycles. The molecule has 7 nitrogen and oxygen atoms in total. The zero-order valence-electron chi connectivity index (χ0n) is 21.1. The second-order valence-corrected chi connectivity index (χ2v) is 11.3. The standard InChI is InChI=1S/C26H41ClN4O3.2ClH/c27-23-22(25(34)30-18-26-15-19-12-20(16-26)14-21(13-19)17-26)4-6-29-24(23)28-5-1-7-31(8-2-10-32)9-3-11-33;;/h4,6,19-21,32-33H,1-3,5,7-18H2,(H,28,29)(H,30,34);2*1H. The lowest BCUT2D eigenvalue weighted by Crippen LogP contribution is -2.51. The molecule has 5 rings (SSSR count). The lowest BCUT2D eigenvalue weighted by atomic mass is 9.49. The van der Waals surface area contributed by atoms with Crippen molar-refractivity contribution in [2.75, 3.05) is 51.3 Å². The number of aliphatic hydroxyl groups excluding tert-OH is 2. The molecule has 4 N–H and O–H groups in total. The Kier molecular flexibility index (Phi) is 13.0. The van der Waals surface area contributed by atoms with E-state index in [-0.39, 0.29) is 43.9 Å². The highest BCUT2D eigenvalue weighted by Gasteiger charge is 2.50. The molecule has 206 valence electrons. The molecule has 0 saturated heterocycles. The van der Waals surface area contributed by atoms with Crippen LogP contribution in [0, 0.1) is 23.2 Å². The fraction of sp³-hybridized carbons (Fsp3) is 0.769. The van der Waals surface area contributed by atoms with Gasteiger partial charge in [-0.15, -0.1) is 24.8 Å². The van der Waals surface area contributed by atoms with Gasteiger partial charge in [-0.25, -0.2) is 4.98 Å². The zero-order valence-corrected chi connectivity index (χ0v) is 23.5. The molecule has 0 aliphatic heterocycles. The number of pyridine rings is 1. The van der Waals surface area contributed by atoms with Crippen LogP contribution in [0.3, 0.4) is 0 Å². The Labute approximate surface area is 233 Å². The van der Waals surface area contributed by atoms with E-state index in [1.807, 2.05) is 0 Å². The van der Waals surface area contributed by atoms with Gasteiger partial charge in [-0.05, 0) is 93.6 Å². The molecule has 1 aromatic rings. The van der Waals surface area contributed by atoms with Crippen molar-refractivity contribution in [3.05, 3.63) is 22.8 Å². The van der Waals surface area contributed by atoms with Gasteiger partial charge in [0.1, 0.15) is 5.82 Å². The van der Waals surface area contributed by atoms with Gasteiger partial charge in [0.05, 0.1) is 10.6 Å². The van der Waals surface area contributed by atoms with E-state index < -0.39 is 0 Å². The van der Waals surface area contributed by atoms with E-state index in [1.165, 1.54) is 38.5 Å². The molecule has 10 heteroatoms. The first-order chi connectivity index (χ1) is 16.5. The number of anilines is 1. The van der Waals surface area contributed by atoms with Gasteiger partial charge in [0.25, 0.3) is 5.91 Å². The van der Waals surface area contributed by atoms with Crippen LogP contribution in [0.2, 0.25) is 5.02 Å². The molecular weight excluding hydrogens is 523 g/mol. The summed E-state index contributed by atoms with van der Waals surface area (Å²) < 4.78 is 0. The van der Waals surface area contributed by atoms with Crippen LogP contribution in [0.1, 0.15) is 68.1 Å². The highest BCUT2D eigenvalue weighted by Crippen LogP contribution is 2.59. The van der Waals surface area contributed by atoms with Gasteiger partial charge in [-0.1, -0.05) is 11.6 Å². The lowest BCUT2D eigenvalue weighted by Gasteiger charge is -2.56. The van der Waals surface area contributed by atoms with Crippen LogP contribution >= 0.6 is 36.4 Å². The normalized spacial score (nSPS) is 25.8. The van der Waals surface area contributed by atoms with Gasteiger partial charge in [-0.2, -0.15) is 0 Å². The quantitative estimate of drug-likeness (QED) is 0.250. The van der Waals surface area contributed by atoms with Crippen molar-refractivity contribution >= 4 is 48.1 Å². The van der Waals surface area contributed by atoms with Crippen LogP contribution in [0.4, 0.5) is 5.82 Å². The van der Waals surface area contributed by atoms with Crippen LogP contribution < -0.4 is 10.6 Å². The average molecular weight is 566 g/mol. The minimum atomic E-state index is -0.106. The summed E-state index contributed by atoms with van der Waals surface area (Å²) in [5.74, 6) is 3.04. The second kappa shape index (κ2) is 14.9. The molecule has 4 bridgehead atoms. The number of halogens is 3. The zero-order chi connectivity index (χ0) is 24.0. The Morgan fingerprint density at radius 1 is 1.00 bits per heavy atom. The van der Waals surface area contributed by atoms with Gasteiger partial charge in [-0.3, -0.25) is 4.79 Å². The fourth-order valence-electron chi connectivity index (χ4n) is 7.05. The SMILES string of the molecule is Cl.Cl.O=C(NCC12CC3CC(CC(C3)C1)C2)c1ccnc(NCCCN(CCCO)CCCO)c1Cl. The summed E-state index contributed by atoms with van der Waals surface area (Å²) in [5, 5.41) is 25.0. The van der Waals surface area contributed by atoms with Crippen molar-refractivity contribution in [2.45, 2.75) is 57.8 Å².